The summed E-state index contributed by atoms with van der Waals surface area (Å²) in [5.74, 6) is -1.10. The lowest BCUT2D eigenvalue weighted by molar-refractivity contribution is -0.143. The van der Waals surface area contributed by atoms with Crippen molar-refractivity contribution in [3.05, 3.63) is 0 Å². The number of nitrogens with zero attached hydrogens (tertiary/aromatic N) is 1. The first-order valence-corrected chi connectivity index (χ1v) is 8.61. The predicted octanol–water partition coefficient (Wildman–Crippen LogP) is 0.0682. The molecule has 2 aliphatic heterocycles. The number of hydrogen-bond acceptors (Lipinski definition) is 4. The lowest BCUT2D eigenvalue weighted by Crippen LogP contribution is -2.52. The summed E-state index contributed by atoms with van der Waals surface area (Å²) in [7, 11) is -3.02. The van der Waals surface area contributed by atoms with Gasteiger partial charge in [-0.3, -0.25) is 4.79 Å². The lowest BCUT2D eigenvalue weighted by Gasteiger charge is -2.36. The van der Waals surface area contributed by atoms with Gasteiger partial charge in [0.05, 0.1) is 17.4 Å². The number of aliphatic carboxylic acids is 1. The van der Waals surface area contributed by atoms with Crippen LogP contribution in [0.4, 0.5) is 4.79 Å². The third-order valence-electron chi connectivity index (χ3n) is 4.05. The molecule has 2 rings (SSSR count). The molecule has 0 aromatic carbocycles. The van der Waals surface area contributed by atoms with Crippen LogP contribution >= 0.6 is 0 Å². The Morgan fingerprint density at radius 2 is 2.00 bits per heavy atom. The Kier molecular flexibility index (Phi) is 4.22. The van der Waals surface area contributed by atoms with Gasteiger partial charge in [-0.2, -0.15) is 0 Å². The molecule has 8 heteroatoms. The van der Waals surface area contributed by atoms with Crippen LogP contribution in [-0.2, 0) is 14.6 Å². The van der Waals surface area contributed by atoms with E-state index < -0.39 is 21.7 Å². The highest BCUT2D eigenvalue weighted by Gasteiger charge is 2.35. The minimum atomic E-state index is -3.02. The van der Waals surface area contributed by atoms with E-state index in [0.717, 1.165) is 0 Å². The maximum Gasteiger partial charge on any atom is 0.317 e. The monoisotopic (exact) mass is 304 g/mol. The predicted molar refractivity (Wildman–Crippen MR) is 72.1 cm³/mol. The Labute approximate surface area is 118 Å². The average molecular weight is 304 g/mol. The number of urea groups is 1. The van der Waals surface area contributed by atoms with Crippen molar-refractivity contribution in [3.63, 3.8) is 0 Å². The molecule has 2 amide bonds. The second-order valence-electron chi connectivity index (χ2n) is 5.65. The van der Waals surface area contributed by atoms with E-state index in [-0.39, 0.29) is 29.6 Å². The Morgan fingerprint density at radius 3 is 2.50 bits per heavy atom. The third-order valence-corrected chi connectivity index (χ3v) is 5.81. The van der Waals surface area contributed by atoms with E-state index in [1.807, 2.05) is 6.92 Å². The van der Waals surface area contributed by atoms with Crippen LogP contribution in [0.2, 0.25) is 0 Å². The molecule has 2 N–H and O–H groups in total. The molecule has 2 saturated heterocycles. The van der Waals surface area contributed by atoms with Gasteiger partial charge < -0.3 is 15.3 Å². The van der Waals surface area contributed by atoms with E-state index in [0.29, 0.717) is 25.8 Å². The van der Waals surface area contributed by atoms with Crippen molar-refractivity contribution in [2.24, 2.45) is 5.92 Å². The van der Waals surface area contributed by atoms with Crippen LogP contribution in [0.5, 0.6) is 0 Å². The van der Waals surface area contributed by atoms with E-state index in [1.165, 1.54) is 0 Å². The van der Waals surface area contributed by atoms with Gasteiger partial charge in [0.15, 0.2) is 9.84 Å². The van der Waals surface area contributed by atoms with Crippen LogP contribution in [0.25, 0.3) is 0 Å². The zero-order valence-electron chi connectivity index (χ0n) is 11.4. The molecule has 2 heterocycles. The van der Waals surface area contributed by atoms with Crippen LogP contribution in [0.1, 0.15) is 26.2 Å². The quantitative estimate of drug-likeness (QED) is 0.751. The number of carbonyl (C=O) groups excluding carboxylic acids is 1. The van der Waals surface area contributed by atoms with Crippen molar-refractivity contribution in [2.45, 2.75) is 38.3 Å². The normalized spacial score (nSPS) is 32.9. The van der Waals surface area contributed by atoms with Gasteiger partial charge in [0, 0.05) is 18.6 Å². The molecular formula is C12H20N2O5S. The Morgan fingerprint density at radius 1 is 1.30 bits per heavy atom. The molecule has 2 aliphatic rings. The van der Waals surface area contributed by atoms with Gasteiger partial charge in [0.25, 0.3) is 0 Å². The molecule has 114 valence electrons. The summed E-state index contributed by atoms with van der Waals surface area (Å²) in [4.78, 5) is 24.7. The van der Waals surface area contributed by atoms with E-state index in [1.54, 1.807) is 4.90 Å². The molecule has 0 aromatic rings. The topological polar surface area (TPSA) is 104 Å². The van der Waals surface area contributed by atoms with Gasteiger partial charge >= 0.3 is 12.0 Å². The van der Waals surface area contributed by atoms with Gasteiger partial charge in [-0.15, -0.1) is 0 Å². The molecule has 20 heavy (non-hydrogen) atoms. The molecule has 2 fully saturated rings. The summed E-state index contributed by atoms with van der Waals surface area (Å²) >= 11 is 0. The van der Waals surface area contributed by atoms with Gasteiger partial charge in [-0.05, 0) is 26.2 Å². The van der Waals surface area contributed by atoms with E-state index in [2.05, 4.69) is 5.32 Å². The highest BCUT2D eigenvalue weighted by molar-refractivity contribution is 7.91. The van der Waals surface area contributed by atoms with Crippen LogP contribution < -0.4 is 5.32 Å². The van der Waals surface area contributed by atoms with E-state index in [4.69, 9.17) is 5.11 Å². The summed E-state index contributed by atoms with van der Waals surface area (Å²) in [5.41, 5.74) is 0. The molecule has 0 bridgehead atoms. The number of hydrogen-bond donors (Lipinski definition) is 2. The van der Waals surface area contributed by atoms with Crippen molar-refractivity contribution in [1.82, 2.24) is 10.2 Å². The second kappa shape index (κ2) is 5.59. The number of carboxylic acids is 1. The fourth-order valence-electron chi connectivity index (χ4n) is 2.86. The van der Waals surface area contributed by atoms with Gasteiger partial charge in [0.2, 0.25) is 0 Å². The molecule has 0 saturated carbocycles. The number of amides is 2. The molecular weight excluding hydrogens is 284 g/mol. The molecule has 0 radical (unpaired) electrons. The van der Waals surface area contributed by atoms with Crippen molar-refractivity contribution in [3.8, 4) is 0 Å². The van der Waals surface area contributed by atoms with Crippen LogP contribution in [0, 0.1) is 5.92 Å². The standard InChI is InChI=1S/C12H20N2O5S/c1-8-6-9(11(15)16)2-4-14(8)12(17)13-10-3-5-20(18,19)7-10/h8-10H,2-7H2,1H3,(H,13,17)(H,15,16). The highest BCUT2D eigenvalue weighted by atomic mass is 32.2. The Hall–Kier alpha value is -1.31. The maximum atomic E-state index is 12.1. The number of rotatable bonds is 2. The van der Waals surface area contributed by atoms with Gasteiger partial charge in [0.1, 0.15) is 0 Å². The van der Waals surface area contributed by atoms with Crippen LogP contribution in [0.15, 0.2) is 0 Å². The second-order valence-corrected chi connectivity index (χ2v) is 7.88. The van der Waals surface area contributed by atoms with Crippen LogP contribution in [0.3, 0.4) is 0 Å². The number of nitrogens with one attached hydrogen (secondary N) is 1. The maximum absolute atomic E-state index is 12.1. The SMILES string of the molecule is CC1CC(C(=O)O)CCN1C(=O)NC1CCS(=O)(=O)C1. The largest absolute Gasteiger partial charge is 0.481 e. The summed E-state index contributed by atoms with van der Waals surface area (Å²) < 4.78 is 22.7. The van der Waals surface area contributed by atoms with Gasteiger partial charge in [-0.25, -0.2) is 13.2 Å². The zero-order valence-corrected chi connectivity index (χ0v) is 12.2. The lowest BCUT2D eigenvalue weighted by atomic mass is 9.92. The number of carboxylic acid groups (broad SMARTS) is 1. The minimum Gasteiger partial charge on any atom is -0.481 e. The van der Waals surface area contributed by atoms with Crippen molar-refractivity contribution in [1.29, 1.82) is 0 Å². The number of likely N-dealkylation sites (tertiary alicyclic amines) is 1. The molecule has 0 aliphatic carbocycles. The number of carbonyl (C=O) groups is 2. The summed E-state index contributed by atoms with van der Waals surface area (Å²) in [5, 5.41) is 11.7. The highest BCUT2D eigenvalue weighted by Crippen LogP contribution is 2.23. The van der Waals surface area contributed by atoms with Crippen molar-refractivity contribution >= 4 is 21.8 Å². The molecule has 7 nitrogen and oxygen atoms in total. The fourth-order valence-corrected chi connectivity index (χ4v) is 4.54. The first kappa shape index (κ1) is 15.1. The average Bonchev–Trinajstić information content (AvgIpc) is 2.68. The fraction of sp³-hybridized carbons (Fsp3) is 0.833. The third kappa shape index (κ3) is 3.41. The molecule has 0 aromatic heterocycles. The number of sulfone groups is 1. The minimum absolute atomic E-state index is 0.00128. The number of piperidine rings is 1. The molecule has 3 unspecified atom stereocenters. The van der Waals surface area contributed by atoms with E-state index >= 15 is 0 Å². The van der Waals surface area contributed by atoms with Crippen molar-refractivity contribution in [2.75, 3.05) is 18.1 Å². The first-order valence-electron chi connectivity index (χ1n) is 6.79. The summed E-state index contributed by atoms with van der Waals surface area (Å²) in [6.07, 6.45) is 1.33. The zero-order chi connectivity index (χ0) is 14.9. The smallest absolute Gasteiger partial charge is 0.317 e. The molecule has 3 atom stereocenters. The molecule has 0 spiro atoms. The first-order chi connectivity index (χ1) is 9.28. The Balaban J connectivity index is 1.89. The van der Waals surface area contributed by atoms with Gasteiger partial charge in [-0.1, -0.05) is 0 Å². The van der Waals surface area contributed by atoms with E-state index in [9.17, 15) is 18.0 Å². The van der Waals surface area contributed by atoms with Crippen LogP contribution in [-0.4, -0.2) is 60.6 Å². The summed E-state index contributed by atoms with van der Waals surface area (Å²) in [6.45, 7) is 2.21. The van der Waals surface area contributed by atoms with Crippen molar-refractivity contribution < 1.29 is 23.1 Å². The Bertz CT molecular complexity index is 504. The summed E-state index contributed by atoms with van der Waals surface area (Å²) in [6, 6.07) is -0.761.